The molecule has 0 aromatic heterocycles. The minimum absolute atomic E-state index is 0.245. The number of carbonyl (C=O) groups excluding carboxylic acids is 1. The van der Waals surface area contributed by atoms with Gasteiger partial charge in [-0.25, -0.2) is 4.79 Å². The van der Waals surface area contributed by atoms with Crippen molar-refractivity contribution >= 4 is 6.09 Å². The fraction of sp³-hybridized carbons (Fsp3) is 0.929. The molecular formula is C14H28N2O3. The molecule has 0 saturated carbocycles. The van der Waals surface area contributed by atoms with Crippen LogP contribution in [0.15, 0.2) is 0 Å². The van der Waals surface area contributed by atoms with E-state index in [1.54, 1.807) is 4.90 Å². The zero-order valence-electron chi connectivity index (χ0n) is 12.9. The summed E-state index contributed by atoms with van der Waals surface area (Å²) in [7, 11) is 1.91. The van der Waals surface area contributed by atoms with E-state index in [0.29, 0.717) is 13.1 Å². The van der Waals surface area contributed by atoms with Crippen molar-refractivity contribution in [1.29, 1.82) is 0 Å². The van der Waals surface area contributed by atoms with Crippen molar-refractivity contribution in [2.24, 2.45) is 0 Å². The highest BCUT2D eigenvalue weighted by Gasteiger charge is 2.41. The number of nitrogens with zero attached hydrogens (tertiary/aromatic N) is 1. The number of likely N-dealkylation sites (tertiary alicyclic amines) is 1. The van der Waals surface area contributed by atoms with Gasteiger partial charge in [0, 0.05) is 19.7 Å². The van der Waals surface area contributed by atoms with Crippen LogP contribution in [0.4, 0.5) is 4.79 Å². The molecule has 1 N–H and O–H groups in total. The van der Waals surface area contributed by atoms with E-state index in [9.17, 15) is 4.79 Å². The molecule has 0 spiro atoms. The van der Waals surface area contributed by atoms with Gasteiger partial charge in [-0.05, 0) is 40.7 Å². The number of rotatable bonds is 5. The van der Waals surface area contributed by atoms with Crippen molar-refractivity contribution in [2.75, 3.05) is 33.3 Å². The molecule has 1 unspecified atom stereocenters. The van der Waals surface area contributed by atoms with E-state index in [-0.39, 0.29) is 11.7 Å². The van der Waals surface area contributed by atoms with Crippen molar-refractivity contribution < 1.29 is 14.3 Å². The van der Waals surface area contributed by atoms with Crippen LogP contribution in [0.5, 0.6) is 0 Å². The summed E-state index contributed by atoms with van der Waals surface area (Å²) in [5, 5.41) is 3.16. The molecule has 1 heterocycles. The van der Waals surface area contributed by atoms with Crippen LogP contribution >= 0.6 is 0 Å². The molecule has 1 aliphatic rings. The summed E-state index contributed by atoms with van der Waals surface area (Å²) in [6.45, 7) is 10.5. The van der Waals surface area contributed by atoms with Crippen LogP contribution < -0.4 is 5.32 Å². The van der Waals surface area contributed by atoms with Gasteiger partial charge in [-0.2, -0.15) is 0 Å². The summed E-state index contributed by atoms with van der Waals surface area (Å²) in [5.41, 5.74) is -0.711. The topological polar surface area (TPSA) is 50.8 Å². The van der Waals surface area contributed by atoms with Crippen LogP contribution in [0.2, 0.25) is 0 Å². The average molecular weight is 272 g/mol. The molecule has 1 fully saturated rings. The van der Waals surface area contributed by atoms with Crippen molar-refractivity contribution in [3.8, 4) is 0 Å². The second-order valence-electron chi connectivity index (χ2n) is 6.21. The molecule has 112 valence electrons. The maximum absolute atomic E-state index is 12.1. The van der Waals surface area contributed by atoms with Crippen molar-refractivity contribution in [2.45, 2.75) is 51.7 Å². The lowest BCUT2D eigenvalue weighted by Gasteiger charge is -2.30. The van der Waals surface area contributed by atoms with E-state index in [4.69, 9.17) is 9.47 Å². The van der Waals surface area contributed by atoms with E-state index in [1.165, 1.54) is 0 Å². The third-order valence-corrected chi connectivity index (χ3v) is 3.08. The molecule has 0 aliphatic carbocycles. The van der Waals surface area contributed by atoms with Crippen molar-refractivity contribution in [3.63, 3.8) is 0 Å². The number of carbonyl (C=O) groups is 1. The number of hydrogen-bond donors (Lipinski definition) is 1. The van der Waals surface area contributed by atoms with Gasteiger partial charge in [0.25, 0.3) is 0 Å². The lowest BCUT2D eigenvalue weighted by Crippen LogP contribution is -2.46. The molecule has 1 saturated heterocycles. The minimum Gasteiger partial charge on any atom is -0.444 e. The molecule has 0 aromatic rings. The third kappa shape index (κ3) is 4.99. The van der Waals surface area contributed by atoms with Gasteiger partial charge in [0.1, 0.15) is 5.60 Å². The van der Waals surface area contributed by atoms with Crippen molar-refractivity contribution in [1.82, 2.24) is 10.2 Å². The summed E-state index contributed by atoms with van der Waals surface area (Å²) >= 11 is 0. The Kier molecular flexibility index (Phi) is 5.62. The standard InChI is InChI=1S/C14H28N2O3/c1-6-9-18-14(10-15-5)7-8-16(11-14)12(17)19-13(2,3)4/h15H,6-11H2,1-5H3. The Balaban J connectivity index is 2.60. The number of amides is 1. The Bertz CT molecular complexity index is 302. The molecular weight excluding hydrogens is 244 g/mol. The molecule has 5 nitrogen and oxygen atoms in total. The largest absolute Gasteiger partial charge is 0.444 e. The van der Waals surface area contributed by atoms with Crippen LogP contribution in [0, 0.1) is 0 Å². The first-order valence-corrected chi connectivity index (χ1v) is 7.08. The van der Waals surface area contributed by atoms with E-state index < -0.39 is 5.60 Å². The predicted octanol–water partition coefficient (Wildman–Crippen LogP) is 2.01. The van der Waals surface area contributed by atoms with E-state index in [0.717, 1.165) is 26.0 Å². The van der Waals surface area contributed by atoms with Crippen molar-refractivity contribution in [3.05, 3.63) is 0 Å². The van der Waals surface area contributed by atoms with Gasteiger partial charge < -0.3 is 19.7 Å². The van der Waals surface area contributed by atoms with Gasteiger partial charge >= 0.3 is 6.09 Å². The smallest absolute Gasteiger partial charge is 0.410 e. The Hall–Kier alpha value is -0.810. The summed E-state index contributed by atoms with van der Waals surface area (Å²) in [6, 6.07) is 0. The quantitative estimate of drug-likeness (QED) is 0.832. The summed E-state index contributed by atoms with van der Waals surface area (Å²) < 4.78 is 11.4. The first-order chi connectivity index (χ1) is 8.82. The fourth-order valence-electron chi connectivity index (χ4n) is 2.28. The number of likely N-dealkylation sites (N-methyl/N-ethyl adjacent to an activating group) is 1. The lowest BCUT2D eigenvalue weighted by molar-refractivity contribution is -0.0375. The SMILES string of the molecule is CCCOC1(CNC)CCN(C(=O)OC(C)(C)C)C1. The molecule has 1 amide bonds. The predicted molar refractivity (Wildman–Crippen MR) is 75.3 cm³/mol. The molecule has 0 aromatic carbocycles. The Morgan fingerprint density at radius 1 is 1.42 bits per heavy atom. The molecule has 19 heavy (non-hydrogen) atoms. The second kappa shape index (κ2) is 6.57. The van der Waals surface area contributed by atoms with Crippen LogP contribution in [0.3, 0.4) is 0 Å². The van der Waals surface area contributed by atoms with Gasteiger partial charge in [-0.15, -0.1) is 0 Å². The first kappa shape index (κ1) is 16.2. The average Bonchev–Trinajstić information content (AvgIpc) is 2.70. The zero-order valence-corrected chi connectivity index (χ0v) is 12.9. The highest BCUT2D eigenvalue weighted by molar-refractivity contribution is 5.68. The van der Waals surface area contributed by atoms with Crippen LogP contribution in [-0.4, -0.2) is 55.5 Å². The van der Waals surface area contributed by atoms with Gasteiger partial charge in [0.15, 0.2) is 0 Å². The third-order valence-electron chi connectivity index (χ3n) is 3.08. The maximum atomic E-state index is 12.1. The molecule has 5 heteroatoms. The monoisotopic (exact) mass is 272 g/mol. The minimum atomic E-state index is -0.449. The zero-order chi connectivity index (χ0) is 14.5. The molecule has 1 atom stereocenters. The Morgan fingerprint density at radius 3 is 2.63 bits per heavy atom. The van der Waals surface area contributed by atoms with Gasteiger partial charge in [-0.1, -0.05) is 6.92 Å². The van der Waals surface area contributed by atoms with Gasteiger partial charge in [0.05, 0.1) is 12.1 Å². The molecule has 1 aliphatic heterocycles. The van der Waals surface area contributed by atoms with Crippen LogP contribution in [-0.2, 0) is 9.47 Å². The van der Waals surface area contributed by atoms with Gasteiger partial charge in [-0.3, -0.25) is 0 Å². The number of ether oxygens (including phenoxy) is 2. The highest BCUT2D eigenvalue weighted by atomic mass is 16.6. The first-order valence-electron chi connectivity index (χ1n) is 7.08. The van der Waals surface area contributed by atoms with E-state index >= 15 is 0 Å². The van der Waals surface area contributed by atoms with Crippen LogP contribution in [0.1, 0.15) is 40.5 Å². The second-order valence-corrected chi connectivity index (χ2v) is 6.21. The fourth-order valence-corrected chi connectivity index (χ4v) is 2.28. The Morgan fingerprint density at radius 2 is 2.11 bits per heavy atom. The summed E-state index contributed by atoms with van der Waals surface area (Å²) in [5.74, 6) is 0. The molecule has 1 rings (SSSR count). The number of nitrogens with one attached hydrogen (secondary N) is 1. The lowest BCUT2D eigenvalue weighted by atomic mass is 10.0. The summed E-state index contributed by atoms with van der Waals surface area (Å²) in [6.07, 6.45) is 1.59. The van der Waals surface area contributed by atoms with E-state index in [1.807, 2.05) is 27.8 Å². The summed E-state index contributed by atoms with van der Waals surface area (Å²) in [4.78, 5) is 13.8. The maximum Gasteiger partial charge on any atom is 0.410 e. The molecule has 0 bridgehead atoms. The van der Waals surface area contributed by atoms with E-state index in [2.05, 4.69) is 12.2 Å². The normalized spacial score (nSPS) is 23.7. The van der Waals surface area contributed by atoms with Crippen LogP contribution in [0.25, 0.3) is 0 Å². The molecule has 0 radical (unpaired) electrons. The number of hydrogen-bond acceptors (Lipinski definition) is 4. The van der Waals surface area contributed by atoms with Gasteiger partial charge in [0.2, 0.25) is 0 Å². The Labute approximate surface area is 116 Å². The highest BCUT2D eigenvalue weighted by Crippen LogP contribution is 2.26.